The van der Waals surface area contributed by atoms with Crippen LogP contribution in [0.3, 0.4) is 0 Å². The normalized spacial score (nSPS) is 10.8. The fraction of sp³-hybridized carbons (Fsp3) is 0.714. The first-order valence-electron chi connectivity index (χ1n) is 7.05. The molecule has 0 aliphatic heterocycles. The Morgan fingerprint density at radius 2 is 2.05 bits per heavy atom. The van der Waals surface area contributed by atoms with Gasteiger partial charge in [0.15, 0.2) is 0 Å². The molecule has 5 nitrogen and oxygen atoms in total. The number of aromatic nitrogens is 2. The molecule has 0 unspecified atom stereocenters. The molecule has 0 fully saturated rings. The molecule has 1 heterocycles. The van der Waals surface area contributed by atoms with Crippen LogP contribution in [0.25, 0.3) is 0 Å². The summed E-state index contributed by atoms with van der Waals surface area (Å²) in [6.45, 7) is 7.34. The molecule has 0 saturated heterocycles. The Labute approximate surface area is 116 Å². The van der Waals surface area contributed by atoms with Gasteiger partial charge in [-0.1, -0.05) is 13.8 Å². The van der Waals surface area contributed by atoms with Gasteiger partial charge in [-0.15, -0.1) is 0 Å². The topological polar surface area (TPSA) is 53.1 Å². The Balaban J connectivity index is 2.45. The van der Waals surface area contributed by atoms with Gasteiger partial charge in [0.1, 0.15) is 18.0 Å². The summed E-state index contributed by atoms with van der Waals surface area (Å²) in [5.41, 5.74) is 0. The van der Waals surface area contributed by atoms with Crippen molar-refractivity contribution in [1.29, 1.82) is 0 Å². The van der Waals surface area contributed by atoms with Crippen molar-refractivity contribution in [2.24, 2.45) is 5.92 Å². The van der Waals surface area contributed by atoms with Gasteiger partial charge >= 0.3 is 0 Å². The molecule has 0 amide bonds. The van der Waals surface area contributed by atoms with E-state index in [4.69, 9.17) is 0 Å². The molecule has 19 heavy (non-hydrogen) atoms. The highest BCUT2D eigenvalue weighted by molar-refractivity contribution is 5.47. The van der Waals surface area contributed by atoms with Gasteiger partial charge in [0.25, 0.3) is 0 Å². The van der Waals surface area contributed by atoms with Crippen molar-refractivity contribution in [3.63, 3.8) is 0 Å². The maximum absolute atomic E-state index is 4.32. The minimum Gasteiger partial charge on any atom is -0.369 e. The lowest BCUT2D eigenvalue weighted by Gasteiger charge is -2.19. The van der Waals surface area contributed by atoms with Crippen LogP contribution in [0.4, 0.5) is 11.6 Å². The van der Waals surface area contributed by atoms with E-state index in [0.29, 0.717) is 0 Å². The molecule has 5 heteroatoms. The number of rotatable bonds is 9. The highest BCUT2D eigenvalue weighted by atomic mass is 15.2. The summed E-state index contributed by atoms with van der Waals surface area (Å²) < 4.78 is 0. The van der Waals surface area contributed by atoms with Crippen LogP contribution in [0.1, 0.15) is 26.7 Å². The molecule has 0 radical (unpaired) electrons. The van der Waals surface area contributed by atoms with E-state index < -0.39 is 0 Å². The van der Waals surface area contributed by atoms with E-state index in [1.54, 1.807) is 6.33 Å². The van der Waals surface area contributed by atoms with Gasteiger partial charge in [-0.05, 0) is 25.8 Å². The Kier molecular flexibility index (Phi) is 7.18. The first kappa shape index (κ1) is 15.7. The average molecular weight is 265 g/mol. The van der Waals surface area contributed by atoms with E-state index in [-0.39, 0.29) is 0 Å². The first-order chi connectivity index (χ1) is 9.13. The van der Waals surface area contributed by atoms with E-state index in [9.17, 15) is 0 Å². The molecule has 0 saturated carbocycles. The van der Waals surface area contributed by atoms with Crippen molar-refractivity contribution in [2.75, 3.05) is 43.9 Å². The molecule has 1 rings (SSSR count). The fourth-order valence-electron chi connectivity index (χ4n) is 1.82. The summed E-state index contributed by atoms with van der Waals surface area (Å²) in [5.74, 6) is 2.62. The van der Waals surface area contributed by atoms with Crippen molar-refractivity contribution >= 4 is 11.6 Å². The van der Waals surface area contributed by atoms with E-state index in [1.165, 1.54) is 12.8 Å². The molecule has 0 aromatic carbocycles. The number of likely N-dealkylation sites (N-methyl/N-ethyl adjacent to an activating group) is 1. The summed E-state index contributed by atoms with van der Waals surface area (Å²) in [5, 5.41) is 6.37. The molecule has 0 aliphatic carbocycles. The van der Waals surface area contributed by atoms with E-state index in [0.717, 1.165) is 37.2 Å². The molecule has 1 aromatic rings. The van der Waals surface area contributed by atoms with E-state index in [1.807, 2.05) is 13.1 Å². The van der Waals surface area contributed by atoms with Gasteiger partial charge in [-0.3, -0.25) is 0 Å². The smallest absolute Gasteiger partial charge is 0.133 e. The monoisotopic (exact) mass is 265 g/mol. The third kappa shape index (κ3) is 6.38. The standard InChI is InChI=1S/C14H27N5/c1-12(2)6-5-9-19(4)14-10-13(17-11-18-14)16-8-7-15-3/h10-12,15H,5-9H2,1-4H3,(H,16,17,18). The SMILES string of the molecule is CNCCNc1cc(N(C)CCCC(C)C)ncn1. The first-order valence-corrected chi connectivity index (χ1v) is 7.05. The van der Waals surface area contributed by atoms with Crippen LogP contribution in [0.5, 0.6) is 0 Å². The Hall–Kier alpha value is -1.36. The number of nitrogens with zero attached hydrogens (tertiary/aromatic N) is 3. The second-order valence-electron chi connectivity index (χ2n) is 5.25. The molecule has 2 N–H and O–H groups in total. The highest BCUT2D eigenvalue weighted by Crippen LogP contribution is 2.14. The van der Waals surface area contributed by atoms with Crippen LogP contribution < -0.4 is 15.5 Å². The second-order valence-corrected chi connectivity index (χ2v) is 5.25. The summed E-state index contributed by atoms with van der Waals surface area (Å²) in [4.78, 5) is 10.7. The number of anilines is 2. The van der Waals surface area contributed by atoms with Gasteiger partial charge < -0.3 is 15.5 Å². The summed E-state index contributed by atoms with van der Waals surface area (Å²) in [6, 6.07) is 2.00. The number of hydrogen-bond donors (Lipinski definition) is 2. The van der Waals surface area contributed by atoms with Gasteiger partial charge in [-0.2, -0.15) is 0 Å². The zero-order valence-corrected chi connectivity index (χ0v) is 12.6. The lowest BCUT2D eigenvalue weighted by molar-refractivity contribution is 0.555. The Morgan fingerprint density at radius 1 is 1.26 bits per heavy atom. The molecule has 1 aromatic heterocycles. The van der Waals surface area contributed by atoms with Crippen molar-refractivity contribution < 1.29 is 0 Å². The van der Waals surface area contributed by atoms with Crippen LogP contribution in [0.15, 0.2) is 12.4 Å². The molecule has 108 valence electrons. The van der Waals surface area contributed by atoms with Crippen molar-refractivity contribution in [3.05, 3.63) is 12.4 Å². The number of hydrogen-bond acceptors (Lipinski definition) is 5. The summed E-state index contributed by atoms with van der Waals surface area (Å²) in [6.07, 6.45) is 4.07. The zero-order valence-electron chi connectivity index (χ0n) is 12.6. The molecule has 0 spiro atoms. The van der Waals surface area contributed by atoms with Crippen molar-refractivity contribution in [3.8, 4) is 0 Å². The highest BCUT2D eigenvalue weighted by Gasteiger charge is 2.04. The van der Waals surface area contributed by atoms with Crippen molar-refractivity contribution in [2.45, 2.75) is 26.7 Å². The maximum Gasteiger partial charge on any atom is 0.133 e. The summed E-state index contributed by atoms with van der Waals surface area (Å²) >= 11 is 0. The van der Waals surface area contributed by atoms with Crippen LogP contribution in [0.2, 0.25) is 0 Å². The Bertz CT molecular complexity index is 353. The van der Waals surface area contributed by atoms with Crippen LogP contribution in [0, 0.1) is 5.92 Å². The Morgan fingerprint density at radius 3 is 2.74 bits per heavy atom. The maximum atomic E-state index is 4.32. The molecule has 0 atom stereocenters. The zero-order chi connectivity index (χ0) is 14.1. The largest absolute Gasteiger partial charge is 0.369 e. The van der Waals surface area contributed by atoms with Gasteiger partial charge in [0.05, 0.1) is 0 Å². The third-order valence-electron chi connectivity index (χ3n) is 3.00. The van der Waals surface area contributed by atoms with Gasteiger partial charge in [-0.25, -0.2) is 9.97 Å². The minimum absolute atomic E-state index is 0.762. The predicted molar refractivity (Wildman–Crippen MR) is 81.8 cm³/mol. The molecule has 0 aliphatic rings. The van der Waals surface area contributed by atoms with Gasteiger partial charge in [0, 0.05) is 32.7 Å². The second kappa shape index (κ2) is 8.69. The molecular weight excluding hydrogens is 238 g/mol. The van der Waals surface area contributed by atoms with E-state index >= 15 is 0 Å². The lowest BCUT2D eigenvalue weighted by Crippen LogP contribution is -2.21. The van der Waals surface area contributed by atoms with E-state index in [2.05, 4.69) is 46.4 Å². The predicted octanol–water partition coefficient (Wildman–Crippen LogP) is 1.98. The fourth-order valence-corrected chi connectivity index (χ4v) is 1.82. The van der Waals surface area contributed by atoms with Crippen molar-refractivity contribution in [1.82, 2.24) is 15.3 Å². The number of nitrogens with one attached hydrogen (secondary N) is 2. The minimum atomic E-state index is 0.762. The lowest BCUT2D eigenvalue weighted by atomic mass is 10.1. The van der Waals surface area contributed by atoms with Crippen LogP contribution in [-0.2, 0) is 0 Å². The van der Waals surface area contributed by atoms with Gasteiger partial charge in [0.2, 0.25) is 0 Å². The average Bonchev–Trinajstić information content (AvgIpc) is 2.39. The summed E-state index contributed by atoms with van der Waals surface area (Å²) in [7, 11) is 4.02. The van der Waals surface area contributed by atoms with Crippen LogP contribution in [-0.4, -0.2) is 43.7 Å². The van der Waals surface area contributed by atoms with Crippen LogP contribution >= 0.6 is 0 Å². The molecular formula is C14H27N5. The third-order valence-corrected chi connectivity index (χ3v) is 3.00. The quantitative estimate of drug-likeness (QED) is 0.669. The molecule has 0 bridgehead atoms.